The second kappa shape index (κ2) is 7.92. The van der Waals surface area contributed by atoms with Gasteiger partial charge in [-0.05, 0) is 24.6 Å². The summed E-state index contributed by atoms with van der Waals surface area (Å²) in [6.45, 7) is 2.23. The third-order valence-electron chi connectivity index (χ3n) is 3.29. The van der Waals surface area contributed by atoms with E-state index in [-0.39, 0.29) is 33.9 Å². The molecule has 2 aromatic rings. The Kier molecular flexibility index (Phi) is 5.90. The van der Waals surface area contributed by atoms with E-state index in [2.05, 4.69) is 4.74 Å². The van der Waals surface area contributed by atoms with Crippen LogP contribution in [-0.2, 0) is 0 Å². The van der Waals surface area contributed by atoms with Crippen molar-refractivity contribution in [2.75, 3.05) is 13.7 Å². The smallest absolute Gasteiger partial charge is 0.493 e. The molecule has 0 saturated heterocycles. The van der Waals surface area contributed by atoms with Crippen LogP contribution in [0.25, 0.3) is 11.1 Å². The molecule has 0 heterocycles. The van der Waals surface area contributed by atoms with Crippen LogP contribution in [0.1, 0.15) is 23.7 Å². The summed E-state index contributed by atoms with van der Waals surface area (Å²) in [6, 6.07) is 8.57. The number of carbonyl (C=O) groups is 1. The van der Waals surface area contributed by atoms with Crippen LogP contribution in [0.15, 0.2) is 36.4 Å². The summed E-state index contributed by atoms with van der Waals surface area (Å²) in [4.78, 5) is 11.2. The van der Waals surface area contributed by atoms with E-state index < -0.39 is 6.36 Å². The van der Waals surface area contributed by atoms with E-state index in [9.17, 15) is 18.0 Å². The molecular weight excluding hydrogens is 337 g/mol. The van der Waals surface area contributed by atoms with Crippen LogP contribution >= 0.6 is 0 Å². The summed E-state index contributed by atoms with van der Waals surface area (Å²) < 4.78 is 53.1. The van der Waals surface area contributed by atoms with E-state index in [4.69, 9.17) is 9.47 Å². The van der Waals surface area contributed by atoms with Crippen molar-refractivity contribution in [2.45, 2.75) is 19.7 Å². The molecule has 2 rings (SSSR count). The standard InChI is InChI=1S/C18H17F3O4/c1-3-8-24-17-14(9-12(11-22)10-16(17)23-2)13-6-4-5-7-15(13)25-18(19,20)21/h4-7,9-11H,3,8H2,1-2H3. The third-order valence-corrected chi connectivity index (χ3v) is 3.29. The van der Waals surface area contributed by atoms with Crippen molar-refractivity contribution in [3.05, 3.63) is 42.0 Å². The van der Waals surface area contributed by atoms with Gasteiger partial charge in [-0.1, -0.05) is 25.1 Å². The molecule has 25 heavy (non-hydrogen) atoms. The summed E-state index contributed by atoms with van der Waals surface area (Å²) in [5, 5.41) is 0. The second-order valence-electron chi connectivity index (χ2n) is 5.11. The van der Waals surface area contributed by atoms with Crippen LogP contribution in [0.2, 0.25) is 0 Å². The number of hydrogen-bond acceptors (Lipinski definition) is 4. The number of methoxy groups -OCH3 is 1. The van der Waals surface area contributed by atoms with Crippen molar-refractivity contribution in [2.24, 2.45) is 0 Å². The number of carbonyl (C=O) groups excluding carboxylic acids is 1. The Bertz CT molecular complexity index is 742. The van der Waals surface area contributed by atoms with Crippen molar-refractivity contribution in [3.63, 3.8) is 0 Å². The molecule has 0 bridgehead atoms. The highest BCUT2D eigenvalue weighted by Crippen LogP contribution is 2.43. The summed E-state index contributed by atoms with van der Waals surface area (Å²) in [5.74, 6) is 0.129. The lowest BCUT2D eigenvalue weighted by molar-refractivity contribution is -0.274. The number of benzene rings is 2. The number of halogens is 3. The van der Waals surface area contributed by atoms with Gasteiger partial charge in [0.15, 0.2) is 11.5 Å². The largest absolute Gasteiger partial charge is 0.573 e. The van der Waals surface area contributed by atoms with E-state index in [1.165, 1.54) is 37.4 Å². The van der Waals surface area contributed by atoms with Crippen molar-refractivity contribution in [3.8, 4) is 28.4 Å². The zero-order chi connectivity index (χ0) is 18.4. The molecule has 0 unspecified atom stereocenters. The van der Waals surface area contributed by atoms with Crippen LogP contribution < -0.4 is 14.2 Å². The molecular formula is C18H17F3O4. The Labute approximate surface area is 143 Å². The highest BCUT2D eigenvalue weighted by Gasteiger charge is 2.32. The van der Waals surface area contributed by atoms with Gasteiger partial charge in [-0.25, -0.2) is 0 Å². The van der Waals surface area contributed by atoms with Crippen LogP contribution in [0.4, 0.5) is 13.2 Å². The normalized spacial score (nSPS) is 11.1. The van der Waals surface area contributed by atoms with E-state index in [0.717, 1.165) is 0 Å². The van der Waals surface area contributed by atoms with Gasteiger partial charge in [0.05, 0.1) is 13.7 Å². The molecule has 0 aromatic heterocycles. The fourth-order valence-electron chi connectivity index (χ4n) is 2.30. The molecule has 0 radical (unpaired) electrons. The lowest BCUT2D eigenvalue weighted by atomic mass is 10.0. The van der Waals surface area contributed by atoms with Gasteiger partial charge < -0.3 is 14.2 Å². The van der Waals surface area contributed by atoms with Gasteiger partial charge >= 0.3 is 6.36 Å². The van der Waals surface area contributed by atoms with Gasteiger partial charge in [0, 0.05) is 16.7 Å². The van der Waals surface area contributed by atoms with E-state index in [1.54, 1.807) is 6.07 Å². The van der Waals surface area contributed by atoms with Crippen molar-refractivity contribution in [1.82, 2.24) is 0 Å². The Morgan fingerprint density at radius 3 is 2.40 bits per heavy atom. The molecule has 0 spiro atoms. The van der Waals surface area contributed by atoms with Crippen LogP contribution in [0.3, 0.4) is 0 Å². The van der Waals surface area contributed by atoms with E-state index in [0.29, 0.717) is 19.3 Å². The first kappa shape index (κ1) is 18.6. The van der Waals surface area contributed by atoms with Gasteiger partial charge in [0.2, 0.25) is 0 Å². The molecule has 0 saturated carbocycles. The van der Waals surface area contributed by atoms with Crippen LogP contribution in [-0.4, -0.2) is 26.4 Å². The molecule has 2 aromatic carbocycles. The molecule has 0 aliphatic heterocycles. The van der Waals surface area contributed by atoms with Gasteiger partial charge in [0.25, 0.3) is 0 Å². The van der Waals surface area contributed by atoms with Crippen LogP contribution in [0, 0.1) is 0 Å². The number of para-hydroxylation sites is 1. The average molecular weight is 354 g/mol. The zero-order valence-electron chi connectivity index (χ0n) is 13.7. The number of alkyl halides is 3. The topological polar surface area (TPSA) is 44.8 Å². The molecule has 0 fully saturated rings. The van der Waals surface area contributed by atoms with Gasteiger partial charge in [0.1, 0.15) is 12.0 Å². The predicted molar refractivity (Wildman–Crippen MR) is 86.3 cm³/mol. The van der Waals surface area contributed by atoms with Crippen molar-refractivity contribution in [1.29, 1.82) is 0 Å². The number of ether oxygens (including phenoxy) is 3. The predicted octanol–water partition coefficient (Wildman–Crippen LogP) is 4.86. The SMILES string of the molecule is CCCOc1c(OC)cc(C=O)cc1-c1ccccc1OC(F)(F)F. The number of aldehydes is 1. The third kappa shape index (κ3) is 4.65. The second-order valence-corrected chi connectivity index (χ2v) is 5.11. The van der Waals surface area contributed by atoms with Gasteiger partial charge in [-0.3, -0.25) is 4.79 Å². The molecule has 0 aliphatic carbocycles. The molecule has 4 nitrogen and oxygen atoms in total. The minimum atomic E-state index is -4.84. The van der Waals surface area contributed by atoms with Gasteiger partial charge in [-0.2, -0.15) is 0 Å². The fourth-order valence-corrected chi connectivity index (χ4v) is 2.30. The lowest BCUT2D eigenvalue weighted by Gasteiger charge is -2.18. The van der Waals surface area contributed by atoms with Crippen molar-refractivity contribution >= 4 is 6.29 Å². The maximum Gasteiger partial charge on any atom is 0.573 e. The molecule has 0 atom stereocenters. The molecule has 134 valence electrons. The first-order valence-electron chi connectivity index (χ1n) is 7.54. The molecule has 0 N–H and O–H groups in total. The highest BCUT2D eigenvalue weighted by atomic mass is 19.4. The zero-order valence-corrected chi connectivity index (χ0v) is 13.7. The summed E-state index contributed by atoms with van der Waals surface area (Å²) in [5.41, 5.74) is 0.681. The number of rotatable bonds is 7. The summed E-state index contributed by atoms with van der Waals surface area (Å²) in [7, 11) is 1.39. The fraction of sp³-hybridized carbons (Fsp3) is 0.278. The maximum atomic E-state index is 12.7. The first-order chi connectivity index (χ1) is 11.9. The van der Waals surface area contributed by atoms with E-state index >= 15 is 0 Å². The minimum Gasteiger partial charge on any atom is -0.493 e. The number of hydrogen-bond donors (Lipinski definition) is 0. The van der Waals surface area contributed by atoms with E-state index in [1.807, 2.05) is 6.92 Å². The molecule has 0 aliphatic rings. The minimum absolute atomic E-state index is 0.146. The Morgan fingerprint density at radius 1 is 1.08 bits per heavy atom. The Morgan fingerprint density at radius 2 is 1.80 bits per heavy atom. The molecule has 0 amide bonds. The van der Waals surface area contributed by atoms with Gasteiger partial charge in [-0.15, -0.1) is 13.2 Å². The highest BCUT2D eigenvalue weighted by molar-refractivity contribution is 5.86. The Balaban J connectivity index is 2.66. The maximum absolute atomic E-state index is 12.7. The Hall–Kier alpha value is -2.70. The summed E-state index contributed by atoms with van der Waals surface area (Å²) in [6.07, 6.45) is -3.56. The quantitative estimate of drug-likeness (QED) is 0.666. The summed E-state index contributed by atoms with van der Waals surface area (Å²) >= 11 is 0. The monoisotopic (exact) mass is 354 g/mol. The van der Waals surface area contributed by atoms with Crippen molar-refractivity contribution < 1.29 is 32.2 Å². The first-order valence-corrected chi connectivity index (χ1v) is 7.54. The molecule has 7 heteroatoms. The average Bonchev–Trinajstić information content (AvgIpc) is 2.58. The lowest BCUT2D eigenvalue weighted by Crippen LogP contribution is -2.17. The van der Waals surface area contributed by atoms with Crippen LogP contribution in [0.5, 0.6) is 17.2 Å².